The molecule has 0 aliphatic heterocycles. The predicted molar refractivity (Wildman–Crippen MR) is 135 cm³/mol. The minimum atomic E-state index is -0.145. The van der Waals surface area contributed by atoms with Crippen molar-refractivity contribution in [1.29, 1.82) is 0 Å². The molecule has 1 atom stereocenters. The van der Waals surface area contributed by atoms with Crippen LogP contribution >= 0.6 is 0 Å². The molecule has 0 saturated carbocycles. The molecule has 0 saturated heterocycles. The molecule has 3 rings (SSSR count). The Balaban J connectivity index is 1.54. The molecule has 0 bridgehead atoms. The molecule has 6 nitrogen and oxygen atoms in total. The molecule has 0 spiro atoms. The Morgan fingerprint density at radius 1 is 1.03 bits per heavy atom. The van der Waals surface area contributed by atoms with E-state index in [1.165, 1.54) is 5.56 Å². The van der Waals surface area contributed by atoms with Crippen molar-refractivity contribution in [3.63, 3.8) is 0 Å². The standard InChI is InChI=1S/C28H36N2O4/c1-3-5-15-33-27(31)18-22-7-10-23-11-12-24(19-25(23)17-22)28(32)30-26-13-8-21(9-14-26)20-29-34-16-6-4-2/h8-9,11-14,19-20,22H,3-7,10,15-18H2,1-2H3,(H,30,32)/b29-20+. The summed E-state index contributed by atoms with van der Waals surface area (Å²) in [5.74, 6) is 0.00475. The van der Waals surface area contributed by atoms with E-state index in [0.29, 0.717) is 25.2 Å². The van der Waals surface area contributed by atoms with Gasteiger partial charge in [-0.2, -0.15) is 0 Å². The molecule has 1 aliphatic rings. The fraction of sp³-hybridized carbons (Fsp3) is 0.464. The lowest BCUT2D eigenvalue weighted by atomic mass is 9.81. The zero-order valence-corrected chi connectivity index (χ0v) is 20.3. The highest BCUT2D eigenvalue weighted by atomic mass is 16.6. The molecule has 2 aromatic rings. The number of hydrogen-bond donors (Lipinski definition) is 1. The topological polar surface area (TPSA) is 77.0 Å². The number of amides is 1. The monoisotopic (exact) mass is 464 g/mol. The number of unbranched alkanes of at least 4 members (excludes halogenated alkanes) is 2. The van der Waals surface area contributed by atoms with Crippen molar-refractivity contribution in [1.82, 2.24) is 0 Å². The molecule has 34 heavy (non-hydrogen) atoms. The number of nitrogens with zero attached hydrogens (tertiary/aromatic N) is 1. The Bertz CT molecular complexity index is 969. The summed E-state index contributed by atoms with van der Waals surface area (Å²) in [5, 5.41) is 6.92. The maximum atomic E-state index is 12.8. The van der Waals surface area contributed by atoms with Crippen LogP contribution in [0.1, 0.15) is 79.4 Å². The van der Waals surface area contributed by atoms with Gasteiger partial charge in [-0.25, -0.2) is 0 Å². The first-order valence-corrected chi connectivity index (χ1v) is 12.4. The lowest BCUT2D eigenvalue weighted by Gasteiger charge is -2.24. The minimum Gasteiger partial charge on any atom is -0.466 e. The number of anilines is 1. The lowest BCUT2D eigenvalue weighted by molar-refractivity contribution is -0.145. The second kappa shape index (κ2) is 13.5. The molecule has 182 valence electrons. The predicted octanol–water partition coefficient (Wildman–Crippen LogP) is 5.93. The van der Waals surface area contributed by atoms with Crippen molar-refractivity contribution < 1.29 is 19.2 Å². The fourth-order valence-corrected chi connectivity index (χ4v) is 3.99. The van der Waals surface area contributed by atoms with Gasteiger partial charge >= 0.3 is 5.97 Å². The van der Waals surface area contributed by atoms with E-state index in [2.05, 4.69) is 24.3 Å². The Morgan fingerprint density at radius 3 is 2.56 bits per heavy atom. The first kappa shape index (κ1) is 25.5. The number of fused-ring (bicyclic) bond motifs is 1. The summed E-state index contributed by atoms with van der Waals surface area (Å²) < 4.78 is 5.33. The van der Waals surface area contributed by atoms with Gasteiger partial charge in [0.25, 0.3) is 5.91 Å². The highest BCUT2D eigenvalue weighted by Gasteiger charge is 2.23. The van der Waals surface area contributed by atoms with Crippen LogP contribution in [0.2, 0.25) is 0 Å². The summed E-state index contributed by atoms with van der Waals surface area (Å²) in [5.41, 5.74) is 4.67. The number of nitrogens with one attached hydrogen (secondary N) is 1. The van der Waals surface area contributed by atoms with E-state index >= 15 is 0 Å². The Morgan fingerprint density at radius 2 is 1.79 bits per heavy atom. The van der Waals surface area contributed by atoms with Crippen LogP contribution in [0.15, 0.2) is 47.6 Å². The summed E-state index contributed by atoms with van der Waals surface area (Å²) in [7, 11) is 0. The first-order chi connectivity index (χ1) is 16.6. The van der Waals surface area contributed by atoms with E-state index in [1.807, 2.05) is 42.5 Å². The smallest absolute Gasteiger partial charge is 0.306 e. The number of ether oxygens (including phenoxy) is 1. The molecule has 1 amide bonds. The van der Waals surface area contributed by atoms with Crippen molar-refractivity contribution in [3.05, 3.63) is 64.7 Å². The number of benzene rings is 2. The van der Waals surface area contributed by atoms with Gasteiger partial charge in [0.1, 0.15) is 6.61 Å². The van der Waals surface area contributed by atoms with E-state index in [1.54, 1.807) is 6.21 Å². The molecular weight excluding hydrogens is 428 g/mol. The summed E-state index contributed by atoms with van der Waals surface area (Å²) in [4.78, 5) is 30.1. The summed E-state index contributed by atoms with van der Waals surface area (Å²) in [6, 6.07) is 13.4. The minimum absolute atomic E-state index is 0.114. The highest BCUT2D eigenvalue weighted by Crippen LogP contribution is 2.29. The van der Waals surface area contributed by atoms with Crippen LogP contribution in [0.3, 0.4) is 0 Å². The van der Waals surface area contributed by atoms with E-state index in [0.717, 1.165) is 61.8 Å². The van der Waals surface area contributed by atoms with Crippen molar-refractivity contribution >= 4 is 23.8 Å². The van der Waals surface area contributed by atoms with Gasteiger partial charge < -0.3 is 14.9 Å². The normalized spacial score (nSPS) is 15.1. The third-order valence-electron chi connectivity index (χ3n) is 6.05. The summed E-state index contributed by atoms with van der Waals surface area (Å²) in [6.07, 6.45) is 8.78. The van der Waals surface area contributed by atoms with Crippen LogP contribution < -0.4 is 5.32 Å². The third-order valence-corrected chi connectivity index (χ3v) is 6.05. The van der Waals surface area contributed by atoms with Crippen LogP contribution in [0.4, 0.5) is 5.69 Å². The van der Waals surface area contributed by atoms with Gasteiger partial charge in [0.2, 0.25) is 0 Å². The first-order valence-electron chi connectivity index (χ1n) is 12.4. The number of hydrogen-bond acceptors (Lipinski definition) is 5. The second-order valence-electron chi connectivity index (χ2n) is 8.87. The van der Waals surface area contributed by atoms with Crippen LogP contribution in [0.25, 0.3) is 0 Å². The van der Waals surface area contributed by atoms with Crippen LogP contribution in [0.5, 0.6) is 0 Å². The van der Waals surface area contributed by atoms with E-state index in [9.17, 15) is 9.59 Å². The summed E-state index contributed by atoms with van der Waals surface area (Å²) in [6.45, 7) is 5.31. The van der Waals surface area contributed by atoms with Crippen molar-refractivity contribution in [3.8, 4) is 0 Å². The Kier molecular flexibility index (Phi) is 10.1. The number of rotatable bonds is 12. The average molecular weight is 465 g/mol. The molecule has 1 unspecified atom stereocenters. The number of carbonyl (C=O) groups is 2. The zero-order chi connectivity index (χ0) is 24.2. The highest BCUT2D eigenvalue weighted by molar-refractivity contribution is 6.04. The largest absolute Gasteiger partial charge is 0.466 e. The molecule has 1 N–H and O–H groups in total. The molecule has 1 aliphatic carbocycles. The maximum Gasteiger partial charge on any atom is 0.306 e. The summed E-state index contributed by atoms with van der Waals surface area (Å²) >= 11 is 0. The lowest BCUT2D eigenvalue weighted by Crippen LogP contribution is -2.20. The van der Waals surface area contributed by atoms with Gasteiger partial charge in [-0.1, -0.05) is 50.0 Å². The molecule has 6 heteroatoms. The molecule has 0 radical (unpaired) electrons. The van der Waals surface area contributed by atoms with Gasteiger partial charge in [0, 0.05) is 17.7 Å². The molecular formula is C28H36N2O4. The van der Waals surface area contributed by atoms with Gasteiger partial charge in [-0.15, -0.1) is 0 Å². The molecule has 0 heterocycles. The van der Waals surface area contributed by atoms with Crippen molar-refractivity contribution in [2.45, 2.75) is 65.2 Å². The van der Waals surface area contributed by atoms with Gasteiger partial charge in [-0.05, 0) is 79.0 Å². The van der Waals surface area contributed by atoms with E-state index in [-0.39, 0.29) is 17.8 Å². The molecule has 0 aromatic heterocycles. The van der Waals surface area contributed by atoms with E-state index in [4.69, 9.17) is 9.57 Å². The zero-order valence-electron chi connectivity index (χ0n) is 20.3. The average Bonchev–Trinajstić information content (AvgIpc) is 2.84. The number of carbonyl (C=O) groups excluding carboxylic acids is 2. The van der Waals surface area contributed by atoms with Gasteiger partial charge in [0.15, 0.2) is 0 Å². The van der Waals surface area contributed by atoms with Crippen LogP contribution in [0, 0.1) is 5.92 Å². The SMILES string of the molecule is CCCCO/N=C/c1ccc(NC(=O)c2ccc3c(c2)CC(CC(=O)OCCCC)CC3)cc1. The van der Waals surface area contributed by atoms with Crippen molar-refractivity contribution in [2.75, 3.05) is 18.5 Å². The number of esters is 1. The Hall–Kier alpha value is -3.15. The quantitative estimate of drug-likeness (QED) is 0.183. The van der Waals surface area contributed by atoms with Crippen molar-refractivity contribution in [2.24, 2.45) is 11.1 Å². The van der Waals surface area contributed by atoms with Gasteiger partial charge in [0.05, 0.1) is 12.8 Å². The maximum absolute atomic E-state index is 12.8. The van der Waals surface area contributed by atoms with Crippen LogP contribution in [-0.2, 0) is 27.2 Å². The van der Waals surface area contributed by atoms with Gasteiger partial charge in [-0.3, -0.25) is 9.59 Å². The number of oxime groups is 1. The molecule has 2 aromatic carbocycles. The van der Waals surface area contributed by atoms with E-state index < -0.39 is 0 Å². The third kappa shape index (κ3) is 8.01. The fourth-order valence-electron chi connectivity index (χ4n) is 3.99. The Labute approximate surface area is 202 Å². The molecule has 0 fully saturated rings. The number of aryl methyl sites for hydroxylation is 1. The van der Waals surface area contributed by atoms with Crippen LogP contribution in [-0.4, -0.2) is 31.3 Å². The second-order valence-corrected chi connectivity index (χ2v) is 8.87.